The minimum absolute atomic E-state index is 0.924. The minimum atomic E-state index is -5.21. The van der Waals surface area contributed by atoms with Crippen LogP contribution in [0.25, 0.3) is 0 Å². The number of esters is 4. The Hall–Kier alpha value is -2.26. The molecule has 0 amide bonds. The van der Waals surface area contributed by atoms with E-state index in [1.165, 1.54) is 0 Å². The topological polar surface area (TPSA) is 141 Å². The third-order valence-electron chi connectivity index (χ3n) is 3.31. The molecule has 0 spiro atoms. The van der Waals surface area contributed by atoms with Crippen LogP contribution in [0.2, 0.25) is 0 Å². The highest BCUT2D eigenvalue weighted by Crippen LogP contribution is 2.31. The maximum atomic E-state index is 12.5. The molecule has 0 N–H and O–H groups in total. The summed E-state index contributed by atoms with van der Waals surface area (Å²) >= 11 is -3.75. The average molecular weight is 464 g/mol. The van der Waals surface area contributed by atoms with Crippen molar-refractivity contribution in [3.63, 3.8) is 0 Å². The molecule has 1 fully saturated rings. The summed E-state index contributed by atoms with van der Waals surface area (Å²) in [6.45, 7) is 2.74. The molecule has 1 unspecified atom stereocenters. The van der Waals surface area contributed by atoms with E-state index in [9.17, 15) is 36.6 Å². The minimum Gasteiger partial charge on any atom is -0.456 e. The molecule has 15 heteroatoms. The first-order chi connectivity index (χ1) is 13.7. The van der Waals surface area contributed by atoms with Crippen LogP contribution in [0.1, 0.15) is 27.7 Å². The maximum absolute atomic E-state index is 12.5. The quantitative estimate of drug-likeness (QED) is 0.379. The zero-order chi connectivity index (χ0) is 23.2. The van der Waals surface area contributed by atoms with Gasteiger partial charge in [-0.3, -0.25) is 23.4 Å². The van der Waals surface area contributed by atoms with Crippen molar-refractivity contribution >= 4 is 35.0 Å². The van der Waals surface area contributed by atoms with Gasteiger partial charge in [0.1, 0.15) is 6.10 Å². The Kier molecular flexibility index (Phi) is 9.17. The van der Waals surface area contributed by atoms with E-state index in [4.69, 9.17) is 23.7 Å². The molecular formula is C15H19F3O11S. The van der Waals surface area contributed by atoms with Crippen molar-refractivity contribution < 1.29 is 64.4 Å². The first kappa shape index (κ1) is 25.8. The van der Waals surface area contributed by atoms with Crippen LogP contribution >= 0.6 is 0 Å². The zero-order valence-corrected chi connectivity index (χ0v) is 16.9. The summed E-state index contributed by atoms with van der Waals surface area (Å²) in [5.74, 6) is -3.78. The Morgan fingerprint density at radius 1 is 0.800 bits per heavy atom. The van der Waals surface area contributed by atoms with Crippen LogP contribution in [0, 0.1) is 0 Å². The van der Waals surface area contributed by atoms with E-state index in [-0.39, 0.29) is 0 Å². The summed E-state index contributed by atoms with van der Waals surface area (Å²) in [6, 6.07) is 0. The molecule has 0 aromatic carbocycles. The Morgan fingerprint density at radius 2 is 1.23 bits per heavy atom. The van der Waals surface area contributed by atoms with Crippen LogP contribution in [0.15, 0.2) is 0 Å². The van der Waals surface area contributed by atoms with Gasteiger partial charge >= 0.3 is 29.4 Å². The number of hydrogen-bond acceptors (Lipinski definition) is 11. The lowest BCUT2D eigenvalue weighted by molar-refractivity contribution is -0.298. The summed E-state index contributed by atoms with van der Waals surface area (Å²) in [5, 5.41) is 0. The Labute approximate surface area is 170 Å². The molecule has 30 heavy (non-hydrogen) atoms. The van der Waals surface area contributed by atoms with Crippen LogP contribution in [-0.4, -0.2) is 70.9 Å². The van der Waals surface area contributed by atoms with Gasteiger partial charge < -0.3 is 23.7 Å². The van der Waals surface area contributed by atoms with Crippen molar-refractivity contribution in [1.82, 2.24) is 0 Å². The summed E-state index contributed by atoms with van der Waals surface area (Å²) in [4.78, 5) is 45.8. The van der Waals surface area contributed by atoms with E-state index < -0.39 is 77.8 Å². The fourth-order valence-electron chi connectivity index (χ4n) is 2.44. The van der Waals surface area contributed by atoms with E-state index in [1.807, 2.05) is 0 Å². The highest BCUT2D eigenvalue weighted by atomic mass is 32.2. The molecular weight excluding hydrogens is 445 g/mol. The van der Waals surface area contributed by atoms with Gasteiger partial charge in [0.25, 0.3) is 11.1 Å². The predicted octanol–water partition coefficient (Wildman–Crippen LogP) is 0.270. The van der Waals surface area contributed by atoms with E-state index >= 15 is 0 Å². The van der Waals surface area contributed by atoms with Crippen LogP contribution in [0.5, 0.6) is 0 Å². The summed E-state index contributed by atoms with van der Waals surface area (Å²) in [5.41, 5.74) is -5.21. The molecule has 6 atom stereocenters. The van der Waals surface area contributed by atoms with Gasteiger partial charge in [-0.2, -0.15) is 13.2 Å². The number of halogens is 3. The highest BCUT2D eigenvalue weighted by molar-refractivity contribution is 7.81. The first-order valence-electron chi connectivity index (χ1n) is 8.18. The standard InChI is InChI=1S/C15H19F3O11S/c1-6(19)25-11-10(5-24-30(23)15(16,17)18)29-14(28-9(4)22)13(27-8(3)21)12(11)26-7(2)20/h10-14H,5H2,1-4H3/t10-,11-,12+,13-,14-,30?/m1/s1. The van der Waals surface area contributed by atoms with Crippen molar-refractivity contribution in [2.75, 3.05) is 6.61 Å². The molecule has 172 valence electrons. The fourth-order valence-corrected chi connectivity index (χ4v) is 2.83. The van der Waals surface area contributed by atoms with Crippen LogP contribution in [0.4, 0.5) is 13.2 Å². The molecule has 1 heterocycles. The molecule has 1 rings (SSSR count). The Balaban J connectivity index is 3.30. The molecule has 0 aliphatic carbocycles. The van der Waals surface area contributed by atoms with Crippen molar-refractivity contribution in [1.29, 1.82) is 0 Å². The van der Waals surface area contributed by atoms with Gasteiger partial charge in [-0.1, -0.05) is 0 Å². The fraction of sp³-hybridized carbons (Fsp3) is 0.733. The van der Waals surface area contributed by atoms with E-state index in [1.54, 1.807) is 0 Å². The largest absolute Gasteiger partial charge is 0.497 e. The number of ether oxygens (including phenoxy) is 5. The van der Waals surface area contributed by atoms with Gasteiger partial charge in [-0.25, -0.2) is 4.21 Å². The van der Waals surface area contributed by atoms with Gasteiger partial charge in [0, 0.05) is 27.7 Å². The summed E-state index contributed by atoms with van der Waals surface area (Å²) in [7, 11) is 0. The van der Waals surface area contributed by atoms with E-state index in [2.05, 4.69) is 4.18 Å². The van der Waals surface area contributed by atoms with Gasteiger partial charge in [-0.05, 0) is 0 Å². The summed E-state index contributed by atoms with van der Waals surface area (Å²) in [6.07, 6.45) is -8.37. The molecule has 1 aliphatic rings. The molecule has 0 aromatic heterocycles. The van der Waals surface area contributed by atoms with Gasteiger partial charge in [-0.15, -0.1) is 0 Å². The Morgan fingerprint density at radius 3 is 1.67 bits per heavy atom. The van der Waals surface area contributed by atoms with Crippen molar-refractivity contribution in [2.45, 2.75) is 63.9 Å². The second kappa shape index (κ2) is 10.7. The number of alkyl halides is 3. The number of carbonyl (C=O) groups is 4. The molecule has 1 saturated heterocycles. The molecule has 0 radical (unpaired) electrons. The maximum Gasteiger partial charge on any atom is 0.497 e. The molecule has 0 aromatic rings. The second-order valence-corrected chi connectivity index (χ2v) is 7.01. The number of hydrogen-bond donors (Lipinski definition) is 0. The number of carbonyl (C=O) groups excluding carboxylic acids is 4. The monoisotopic (exact) mass is 464 g/mol. The van der Waals surface area contributed by atoms with Crippen molar-refractivity contribution in [2.24, 2.45) is 0 Å². The van der Waals surface area contributed by atoms with Crippen molar-refractivity contribution in [3.05, 3.63) is 0 Å². The molecule has 11 nitrogen and oxygen atoms in total. The SMILES string of the molecule is CC(=O)O[C@@H]1O[C@H](COS(=O)C(F)(F)F)[C@@H](OC(C)=O)[C@H](OC(C)=O)[C@H]1OC(C)=O. The third kappa shape index (κ3) is 7.87. The lowest BCUT2D eigenvalue weighted by atomic mass is 9.98. The smallest absolute Gasteiger partial charge is 0.456 e. The third-order valence-corrected chi connectivity index (χ3v) is 4.04. The zero-order valence-electron chi connectivity index (χ0n) is 16.1. The normalized spacial score (nSPS) is 27.5. The van der Waals surface area contributed by atoms with Gasteiger partial charge in [0.05, 0.1) is 6.61 Å². The van der Waals surface area contributed by atoms with E-state index in [0.717, 1.165) is 27.7 Å². The van der Waals surface area contributed by atoms with Crippen LogP contribution < -0.4 is 0 Å². The van der Waals surface area contributed by atoms with Crippen molar-refractivity contribution in [3.8, 4) is 0 Å². The highest BCUT2D eigenvalue weighted by Gasteiger charge is 2.54. The lowest BCUT2D eigenvalue weighted by Crippen LogP contribution is -2.63. The van der Waals surface area contributed by atoms with Crippen LogP contribution in [-0.2, 0) is 58.1 Å². The summed E-state index contributed by atoms with van der Waals surface area (Å²) < 4.78 is 77.8. The predicted molar refractivity (Wildman–Crippen MR) is 87.2 cm³/mol. The average Bonchev–Trinajstić information content (AvgIpc) is 2.55. The van der Waals surface area contributed by atoms with Gasteiger partial charge in [0.15, 0.2) is 12.2 Å². The molecule has 0 saturated carbocycles. The first-order valence-corrected chi connectivity index (χ1v) is 9.26. The molecule has 1 aliphatic heterocycles. The van der Waals surface area contributed by atoms with E-state index in [0.29, 0.717) is 0 Å². The second-order valence-electron chi connectivity index (χ2n) is 5.84. The van der Waals surface area contributed by atoms with Crippen LogP contribution in [0.3, 0.4) is 0 Å². The van der Waals surface area contributed by atoms with Gasteiger partial charge in [0.2, 0.25) is 12.4 Å². The number of rotatable bonds is 7. The Bertz CT molecular complexity index is 696. The molecule has 0 bridgehead atoms. The lowest BCUT2D eigenvalue weighted by Gasteiger charge is -2.43.